The normalized spacial score (nSPS) is 28.8. The summed E-state index contributed by atoms with van der Waals surface area (Å²) >= 11 is 0. The second-order valence-electron chi connectivity index (χ2n) is 4.74. The van der Waals surface area contributed by atoms with E-state index >= 15 is 0 Å². The fraction of sp³-hybridized carbons (Fsp3) is 1.00. The zero-order valence-corrected chi connectivity index (χ0v) is 9.87. The van der Waals surface area contributed by atoms with Crippen LogP contribution in [-0.2, 0) is 4.74 Å². The second-order valence-corrected chi connectivity index (χ2v) is 4.74. The fourth-order valence-electron chi connectivity index (χ4n) is 2.84. The van der Waals surface area contributed by atoms with E-state index in [1.165, 1.54) is 45.3 Å². The zero-order chi connectivity index (χ0) is 10.5. The molecule has 0 aromatic rings. The highest BCUT2D eigenvalue weighted by atomic mass is 16.5. The Morgan fingerprint density at radius 1 is 1.20 bits per heavy atom. The van der Waals surface area contributed by atoms with Gasteiger partial charge in [-0.3, -0.25) is 4.90 Å². The number of nitrogens with one attached hydrogen (secondary N) is 1. The summed E-state index contributed by atoms with van der Waals surface area (Å²) < 4.78 is 5.52. The predicted molar refractivity (Wildman–Crippen MR) is 62.1 cm³/mol. The van der Waals surface area contributed by atoms with Gasteiger partial charge in [-0.05, 0) is 45.3 Å². The van der Waals surface area contributed by atoms with E-state index < -0.39 is 0 Å². The van der Waals surface area contributed by atoms with Crippen molar-refractivity contribution in [1.29, 1.82) is 0 Å². The van der Waals surface area contributed by atoms with Crippen molar-refractivity contribution in [2.75, 3.05) is 32.8 Å². The van der Waals surface area contributed by atoms with Crippen molar-refractivity contribution >= 4 is 0 Å². The van der Waals surface area contributed by atoms with Crippen molar-refractivity contribution in [1.82, 2.24) is 10.2 Å². The van der Waals surface area contributed by atoms with Crippen LogP contribution in [-0.4, -0.2) is 49.8 Å². The van der Waals surface area contributed by atoms with Gasteiger partial charge in [0.1, 0.15) is 0 Å². The second kappa shape index (κ2) is 5.83. The van der Waals surface area contributed by atoms with Gasteiger partial charge in [-0.2, -0.15) is 0 Å². The lowest BCUT2D eigenvalue weighted by Gasteiger charge is -2.38. The molecule has 2 heterocycles. The largest absolute Gasteiger partial charge is 0.380 e. The van der Waals surface area contributed by atoms with E-state index in [-0.39, 0.29) is 0 Å². The first kappa shape index (κ1) is 11.4. The van der Waals surface area contributed by atoms with Gasteiger partial charge in [-0.25, -0.2) is 0 Å². The molecule has 2 fully saturated rings. The lowest BCUT2D eigenvalue weighted by atomic mass is 10.0. The quantitative estimate of drug-likeness (QED) is 0.759. The molecule has 2 saturated heterocycles. The number of ether oxygens (including phenoxy) is 1. The van der Waals surface area contributed by atoms with Crippen molar-refractivity contribution in [3.05, 3.63) is 0 Å². The third-order valence-corrected chi connectivity index (χ3v) is 3.63. The summed E-state index contributed by atoms with van der Waals surface area (Å²) in [7, 11) is 0. The van der Waals surface area contributed by atoms with Crippen LogP contribution in [0.5, 0.6) is 0 Å². The molecule has 3 heteroatoms. The van der Waals surface area contributed by atoms with Crippen molar-refractivity contribution in [3.63, 3.8) is 0 Å². The van der Waals surface area contributed by atoms with Crippen LogP contribution in [0.3, 0.4) is 0 Å². The Morgan fingerprint density at radius 2 is 2.00 bits per heavy atom. The van der Waals surface area contributed by atoms with Gasteiger partial charge in [0.25, 0.3) is 0 Å². The van der Waals surface area contributed by atoms with Crippen molar-refractivity contribution in [3.8, 4) is 0 Å². The monoisotopic (exact) mass is 212 g/mol. The molecule has 2 aliphatic rings. The standard InChI is InChI=1S/C12H24N2O/c1-2-8-14(12-5-9-15-10-12)11-3-6-13-7-4-11/h11-13H,2-10H2,1H3. The van der Waals surface area contributed by atoms with Gasteiger partial charge in [-0.1, -0.05) is 6.92 Å². The van der Waals surface area contributed by atoms with Gasteiger partial charge < -0.3 is 10.1 Å². The molecule has 88 valence electrons. The molecule has 15 heavy (non-hydrogen) atoms. The van der Waals surface area contributed by atoms with Gasteiger partial charge in [-0.15, -0.1) is 0 Å². The highest BCUT2D eigenvalue weighted by Gasteiger charge is 2.29. The molecule has 0 radical (unpaired) electrons. The number of piperidine rings is 1. The molecule has 2 aliphatic heterocycles. The number of hydrogen-bond donors (Lipinski definition) is 1. The number of rotatable bonds is 4. The average Bonchev–Trinajstić information content (AvgIpc) is 2.80. The van der Waals surface area contributed by atoms with Crippen LogP contribution in [0.15, 0.2) is 0 Å². The van der Waals surface area contributed by atoms with E-state index in [1.807, 2.05) is 0 Å². The molecule has 0 amide bonds. The van der Waals surface area contributed by atoms with Crippen LogP contribution >= 0.6 is 0 Å². The van der Waals surface area contributed by atoms with Crippen molar-refractivity contribution < 1.29 is 4.74 Å². The Bertz CT molecular complexity index is 174. The Labute approximate surface area is 93.2 Å². The SMILES string of the molecule is CCCN(C1CCNCC1)C1CCOC1. The highest BCUT2D eigenvalue weighted by molar-refractivity contribution is 4.84. The fourth-order valence-corrected chi connectivity index (χ4v) is 2.84. The van der Waals surface area contributed by atoms with Crippen LogP contribution in [0.2, 0.25) is 0 Å². The lowest BCUT2D eigenvalue weighted by molar-refractivity contribution is 0.0913. The Kier molecular flexibility index (Phi) is 4.42. The maximum absolute atomic E-state index is 5.52. The summed E-state index contributed by atoms with van der Waals surface area (Å²) in [4.78, 5) is 2.72. The summed E-state index contributed by atoms with van der Waals surface area (Å²) in [5, 5.41) is 3.44. The van der Waals surface area contributed by atoms with Gasteiger partial charge in [0.15, 0.2) is 0 Å². The van der Waals surface area contributed by atoms with E-state index in [0.29, 0.717) is 6.04 Å². The summed E-state index contributed by atoms with van der Waals surface area (Å²) in [6, 6.07) is 1.51. The van der Waals surface area contributed by atoms with Gasteiger partial charge in [0.05, 0.1) is 6.61 Å². The van der Waals surface area contributed by atoms with Gasteiger partial charge in [0, 0.05) is 18.7 Å². The first-order chi connectivity index (χ1) is 7.42. The third kappa shape index (κ3) is 2.92. The first-order valence-corrected chi connectivity index (χ1v) is 6.46. The zero-order valence-electron chi connectivity index (χ0n) is 9.87. The Morgan fingerprint density at radius 3 is 2.60 bits per heavy atom. The minimum Gasteiger partial charge on any atom is -0.380 e. The molecule has 3 nitrogen and oxygen atoms in total. The third-order valence-electron chi connectivity index (χ3n) is 3.63. The molecule has 0 bridgehead atoms. The maximum Gasteiger partial charge on any atom is 0.0622 e. The van der Waals surface area contributed by atoms with E-state index in [1.54, 1.807) is 0 Å². The first-order valence-electron chi connectivity index (χ1n) is 6.46. The molecule has 0 saturated carbocycles. The minimum atomic E-state index is 0.702. The van der Waals surface area contributed by atoms with E-state index in [4.69, 9.17) is 4.74 Å². The minimum absolute atomic E-state index is 0.702. The van der Waals surface area contributed by atoms with Crippen LogP contribution in [0.25, 0.3) is 0 Å². The molecule has 0 spiro atoms. The molecular weight excluding hydrogens is 188 g/mol. The van der Waals surface area contributed by atoms with E-state index in [0.717, 1.165) is 19.3 Å². The average molecular weight is 212 g/mol. The molecular formula is C12H24N2O. The highest BCUT2D eigenvalue weighted by Crippen LogP contribution is 2.20. The van der Waals surface area contributed by atoms with E-state index in [9.17, 15) is 0 Å². The maximum atomic E-state index is 5.52. The van der Waals surface area contributed by atoms with Crippen molar-refractivity contribution in [2.24, 2.45) is 0 Å². The Balaban J connectivity index is 1.90. The summed E-state index contributed by atoms with van der Waals surface area (Å²) in [5.41, 5.74) is 0. The topological polar surface area (TPSA) is 24.5 Å². The molecule has 1 N–H and O–H groups in total. The number of nitrogens with zero attached hydrogens (tertiary/aromatic N) is 1. The summed E-state index contributed by atoms with van der Waals surface area (Å²) in [6.07, 6.45) is 5.14. The molecule has 0 aromatic heterocycles. The van der Waals surface area contributed by atoms with E-state index in [2.05, 4.69) is 17.1 Å². The number of hydrogen-bond acceptors (Lipinski definition) is 3. The van der Waals surface area contributed by atoms with Crippen LogP contribution in [0, 0.1) is 0 Å². The van der Waals surface area contributed by atoms with Gasteiger partial charge >= 0.3 is 0 Å². The predicted octanol–water partition coefficient (Wildman–Crippen LogP) is 1.24. The molecule has 2 rings (SSSR count). The van der Waals surface area contributed by atoms with Gasteiger partial charge in [0.2, 0.25) is 0 Å². The summed E-state index contributed by atoms with van der Waals surface area (Å²) in [6.45, 7) is 7.85. The summed E-state index contributed by atoms with van der Waals surface area (Å²) in [5.74, 6) is 0. The Hall–Kier alpha value is -0.120. The molecule has 0 aromatic carbocycles. The smallest absolute Gasteiger partial charge is 0.0622 e. The van der Waals surface area contributed by atoms with Crippen LogP contribution in [0.4, 0.5) is 0 Å². The lowest BCUT2D eigenvalue weighted by Crippen LogP contribution is -2.48. The van der Waals surface area contributed by atoms with Crippen LogP contribution in [0.1, 0.15) is 32.6 Å². The molecule has 1 unspecified atom stereocenters. The molecule has 1 atom stereocenters. The molecule has 0 aliphatic carbocycles. The van der Waals surface area contributed by atoms with Crippen LogP contribution < -0.4 is 5.32 Å². The van der Waals surface area contributed by atoms with Crippen molar-refractivity contribution in [2.45, 2.75) is 44.7 Å².